The molecule has 0 aliphatic carbocycles. The van der Waals surface area contributed by atoms with Gasteiger partial charge in [-0.25, -0.2) is 4.79 Å². The number of urea groups is 1. The first-order chi connectivity index (χ1) is 9.08. The van der Waals surface area contributed by atoms with Crippen LogP contribution in [-0.4, -0.2) is 52.6 Å². The van der Waals surface area contributed by atoms with Crippen molar-refractivity contribution in [2.45, 2.75) is 45.7 Å². The van der Waals surface area contributed by atoms with Crippen LogP contribution in [0.2, 0.25) is 0 Å². The molecule has 3 N–H and O–H groups in total. The summed E-state index contributed by atoms with van der Waals surface area (Å²) >= 11 is 0. The maximum atomic E-state index is 11.8. The molecule has 1 aliphatic rings. The Labute approximate surface area is 118 Å². The fourth-order valence-corrected chi connectivity index (χ4v) is 1.93. The minimum Gasteiger partial charge on any atom is -0.481 e. The number of rotatable bonds is 4. The zero-order valence-corrected chi connectivity index (χ0v) is 12.4. The normalized spacial score (nSPS) is 17.1. The van der Waals surface area contributed by atoms with Gasteiger partial charge in [-0.3, -0.25) is 9.59 Å². The molecule has 114 valence electrons. The molecule has 0 bridgehead atoms. The van der Waals surface area contributed by atoms with Gasteiger partial charge in [0.15, 0.2) is 0 Å². The maximum absolute atomic E-state index is 11.8. The van der Waals surface area contributed by atoms with E-state index in [9.17, 15) is 14.4 Å². The molecule has 7 heteroatoms. The van der Waals surface area contributed by atoms with Crippen molar-refractivity contribution < 1.29 is 19.5 Å². The number of carbonyl (C=O) groups is 3. The van der Waals surface area contributed by atoms with E-state index in [4.69, 9.17) is 5.11 Å². The van der Waals surface area contributed by atoms with E-state index in [1.54, 1.807) is 6.92 Å². The van der Waals surface area contributed by atoms with Gasteiger partial charge in [-0.1, -0.05) is 0 Å². The van der Waals surface area contributed by atoms with Gasteiger partial charge in [0.1, 0.15) is 6.04 Å². The van der Waals surface area contributed by atoms with Gasteiger partial charge in [0.2, 0.25) is 5.91 Å². The molecule has 1 unspecified atom stereocenters. The average molecular weight is 285 g/mol. The third-order valence-electron chi connectivity index (χ3n) is 2.94. The van der Waals surface area contributed by atoms with Crippen molar-refractivity contribution in [3.05, 3.63) is 0 Å². The molecule has 1 heterocycles. The Hall–Kier alpha value is -1.79. The summed E-state index contributed by atoms with van der Waals surface area (Å²) < 4.78 is 0. The van der Waals surface area contributed by atoms with Crippen LogP contribution in [0.15, 0.2) is 0 Å². The number of amides is 3. The lowest BCUT2D eigenvalue weighted by molar-refractivity contribution is -0.139. The van der Waals surface area contributed by atoms with Crippen molar-refractivity contribution in [3.8, 4) is 0 Å². The van der Waals surface area contributed by atoms with Gasteiger partial charge in [-0.15, -0.1) is 0 Å². The van der Waals surface area contributed by atoms with E-state index < -0.39 is 12.0 Å². The number of carbonyl (C=O) groups excluding carboxylic acids is 2. The molecule has 1 atom stereocenters. The minimum atomic E-state index is -0.854. The second-order valence-electron chi connectivity index (χ2n) is 6.28. The summed E-state index contributed by atoms with van der Waals surface area (Å²) in [5.41, 5.74) is -0.348. The molecule has 0 radical (unpaired) electrons. The highest BCUT2D eigenvalue weighted by Gasteiger charge is 2.33. The van der Waals surface area contributed by atoms with Gasteiger partial charge in [0, 0.05) is 24.5 Å². The predicted octanol–water partition coefficient (Wildman–Crippen LogP) is 0.406. The predicted molar refractivity (Wildman–Crippen MR) is 73.2 cm³/mol. The fraction of sp³-hybridized carbons (Fsp3) is 0.769. The van der Waals surface area contributed by atoms with Crippen LogP contribution in [0, 0.1) is 5.92 Å². The summed E-state index contributed by atoms with van der Waals surface area (Å²) in [5.74, 6) is -1.08. The molecule has 0 aromatic rings. The summed E-state index contributed by atoms with van der Waals surface area (Å²) in [6.07, 6.45) is 0.0733. The van der Waals surface area contributed by atoms with E-state index in [0.717, 1.165) is 0 Å². The van der Waals surface area contributed by atoms with Crippen LogP contribution in [0.5, 0.6) is 0 Å². The smallest absolute Gasteiger partial charge is 0.318 e. The van der Waals surface area contributed by atoms with Crippen molar-refractivity contribution in [3.63, 3.8) is 0 Å². The fourth-order valence-electron chi connectivity index (χ4n) is 1.93. The van der Waals surface area contributed by atoms with Crippen molar-refractivity contribution in [2.24, 2.45) is 5.92 Å². The Morgan fingerprint density at radius 2 is 1.85 bits per heavy atom. The van der Waals surface area contributed by atoms with Crippen LogP contribution in [0.4, 0.5) is 4.79 Å². The highest BCUT2D eigenvalue weighted by Crippen LogP contribution is 2.18. The number of carboxylic acid groups (broad SMARTS) is 1. The molecule has 20 heavy (non-hydrogen) atoms. The van der Waals surface area contributed by atoms with Crippen LogP contribution in [-0.2, 0) is 9.59 Å². The lowest BCUT2D eigenvalue weighted by Crippen LogP contribution is -2.58. The maximum Gasteiger partial charge on any atom is 0.318 e. The first-order valence-corrected chi connectivity index (χ1v) is 6.68. The Morgan fingerprint density at radius 1 is 1.30 bits per heavy atom. The van der Waals surface area contributed by atoms with E-state index >= 15 is 0 Å². The number of nitrogens with one attached hydrogen (secondary N) is 2. The zero-order valence-electron chi connectivity index (χ0n) is 12.4. The summed E-state index contributed by atoms with van der Waals surface area (Å²) in [5, 5.41) is 14.0. The summed E-state index contributed by atoms with van der Waals surface area (Å²) in [6.45, 7) is 8.06. The molecule has 0 saturated carbocycles. The van der Waals surface area contributed by atoms with Gasteiger partial charge in [-0.2, -0.15) is 0 Å². The monoisotopic (exact) mass is 285 g/mol. The second-order valence-corrected chi connectivity index (χ2v) is 6.28. The van der Waals surface area contributed by atoms with Crippen LogP contribution in [0.1, 0.15) is 34.1 Å². The van der Waals surface area contributed by atoms with Gasteiger partial charge in [0.05, 0.1) is 6.42 Å². The number of likely N-dealkylation sites (tertiary alicyclic amines) is 1. The van der Waals surface area contributed by atoms with Gasteiger partial charge < -0.3 is 20.6 Å². The Bertz CT molecular complexity index is 397. The van der Waals surface area contributed by atoms with Gasteiger partial charge >= 0.3 is 12.0 Å². The second kappa shape index (κ2) is 6.11. The van der Waals surface area contributed by atoms with Gasteiger partial charge in [0.25, 0.3) is 0 Å². The van der Waals surface area contributed by atoms with Crippen LogP contribution < -0.4 is 10.6 Å². The summed E-state index contributed by atoms with van der Waals surface area (Å²) in [4.78, 5) is 35.7. The van der Waals surface area contributed by atoms with Crippen molar-refractivity contribution in [1.82, 2.24) is 15.5 Å². The highest BCUT2D eigenvalue weighted by atomic mass is 16.4. The molecule has 3 amide bonds. The Kier molecular flexibility index (Phi) is 4.97. The van der Waals surface area contributed by atoms with Gasteiger partial charge in [-0.05, 0) is 27.7 Å². The largest absolute Gasteiger partial charge is 0.481 e. The standard InChI is InChI=1S/C13H23N3O4/c1-8(11(19)15-13(2,3)4)14-12(20)16-6-9(7-16)5-10(17)18/h8-9H,5-7H2,1-4H3,(H,14,20)(H,15,19)(H,17,18). The van der Waals surface area contributed by atoms with Crippen molar-refractivity contribution >= 4 is 17.9 Å². The zero-order chi connectivity index (χ0) is 15.5. The Morgan fingerprint density at radius 3 is 2.30 bits per heavy atom. The first-order valence-electron chi connectivity index (χ1n) is 6.68. The molecule has 1 rings (SSSR count). The molecule has 0 spiro atoms. The third kappa shape index (κ3) is 5.07. The minimum absolute atomic E-state index is 0.0111. The number of nitrogens with zero attached hydrogens (tertiary/aromatic N) is 1. The van der Waals surface area contributed by atoms with E-state index in [0.29, 0.717) is 13.1 Å². The van der Waals surface area contributed by atoms with Crippen molar-refractivity contribution in [1.29, 1.82) is 0 Å². The highest BCUT2D eigenvalue weighted by molar-refractivity contribution is 5.87. The van der Waals surface area contributed by atoms with Crippen LogP contribution in [0.3, 0.4) is 0 Å². The number of carboxylic acids is 1. The summed E-state index contributed by atoms with van der Waals surface area (Å²) in [7, 11) is 0. The third-order valence-corrected chi connectivity index (χ3v) is 2.94. The lowest BCUT2D eigenvalue weighted by Gasteiger charge is -2.39. The van der Waals surface area contributed by atoms with E-state index in [1.807, 2.05) is 20.8 Å². The molecule has 1 aliphatic heterocycles. The average Bonchev–Trinajstić information content (AvgIpc) is 2.19. The van der Waals surface area contributed by atoms with Crippen LogP contribution in [0.25, 0.3) is 0 Å². The lowest BCUT2D eigenvalue weighted by atomic mass is 9.97. The molecule has 7 nitrogen and oxygen atoms in total. The van der Waals surface area contributed by atoms with E-state index in [1.165, 1.54) is 4.90 Å². The molecule has 1 saturated heterocycles. The number of hydrogen-bond acceptors (Lipinski definition) is 3. The molecule has 1 fully saturated rings. The van der Waals surface area contributed by atoms with E-state index in [2.05, 4.69) is 10.6 Å². The number of hydrogen-bond donors (Lipinski definition) is 3. The van der Waals surface area contributed by atoms with Crippen LogP contribution >= 0.6 is 0 Å². The molecular formula is C13H23N3O4. The van der Waals surface area contributed by atoms with Crippen molar-refractivity contribution in [2.75, 3.05) is 13.1 Å². The molecular weight excluding hydrogens is 262 g/mol. The Balaban J connectivity index is 2.33. The number of aliphatic carboxylic acids is 1. The molecule has 0 aromatic carbocycles. The first kappa shape index (κ1) is 16.3. The summed E-state index contributed by atoms with van der Waals surface area (Å²) in [6, 6.07) is -0.955. The van der Waals surface area contributed by atoms with E-state index in [-0.39, 0.29) is 29.8 Å². The quantitative estimate of drug-likeness (QED) is 0.696. The topological polar surface area (TPSA) is 98.7 Å². The SMILES string of the molecule is CC(NC(=O)N1CC(CC(=O)O)C1)C(=O)NC(C)(C)C. The molecule has 0 aromatic heterocycles.